The largest absolute Gasteiger partial charge is 0.378 e. The van der Waals surface area contributed by atoms with Crippen molar-refractivity contribution < 1.29 is 17.7 Å². The Kier molecular flexibility index (Phi) is 4.48. The van der Waals surface area contributed by atoms with Crippen molar-refractivity contribution in [3.63, 3.8) is 0 Å². The van der Waals surface area contributed by atoms with Gasteiger partial charge in [0.15, 0.2) is 0 Å². The first kappa shape index (κ1) is 15.0. The average molecular weight is 294 g/mol. The van der Waals surface area contributed by atoms with Gasteiger partial charge in [-0.1, -0.05) is 29.5 Å². The minimum absolute atomic E-state index is 0.000705. The maximum Gasteiger partial charge on any atom is 0.297 e. The smallest absolute Gasteiger partial charge is 0.297 e. The molecular formula is C15H18O4S. The normalized spacial score (nSPS) is 16.9. The van der Waals surface area contributed by atoms with Gasteiger partial charge in [-0.15, -0.1) is 0 Å². The van der Waals surface area contributed by atoms with Crippen LogP contribution < -0.4 is 0 Å². The van der Waals surface area contributed by atoms with E-state index in [1.807, 2.05) is 6.92 Å². The third kappa shape index (κ3) is 3.83. The highest BCUT2D eigenvalue weighted by Crippen LogP contribution is 2.30. The van der Waals surface area contributed by atoms with E-state index in [9.17, 15) is 13.5 Å². The maximum absolute atomic E-state index is 11.9. The second-order valence-corrected chi connectivity index (χ2v) is 6.64. The van der Waals surface area contributed by atoms with Crippen LogP contribution in [0.3, 0.4) is 0 Å². The number of rotatable bonds is 4. The summed E-state index contributed by atoms with van der Waals surface area (Å²) in [7, 11) is -3.71. The minimum atomic E-state index is -3.71. The van der Waals surface area contributed by atoms with Crippen molar-refractivity contribution >= 4 is 10.1 Å². The van der Waals surface area contributed by atoms with Gasteiger partial charge in [-0.25, -0.2) is 0 Å². The lowest BCUT2D eigenvalue weighted by Crippen LogP contribution is -2.34. The van der Waals surface area contributed by atoms with Gasteiger partial charge in [0.05, 0.1) is 11.5 Å². The lowest BCUT2D eigenvalue weighted by atomic mass is 9.81. The molecule has 0 atom stereocenters. The highest BCUT2D eigenvalue weighted by Gasteiger charge is 2.31. The SMILES string of the molecule is Cc1ccc(S(=O)(=O)OCCC#CC2(O)CCC2)cc1. The van der Waals surface area contributed by atoms with E-state index in [4.69, 9.17) is 4.18 Å². The molecular weight excluding hydrogens is 276 g/mol. The maximum atomic E-state index is 11.9. The van der Waals surface area contributed by atoms with Gasteiger partial charge in [-0.3, -0.25) is 4.18 Å². The van der Waals surface area contributed by atoms with E-state index < -0.39 is 15.7 Å². The predicted octanol–water partition coefficient (Wildman–Crippen LogP) is 2.01. The third-order valence-electron chi connectivity index (χ3n) is 3.28. The van der Waals surface area contributed by atoms with E-state index >= 15 is 0 Å². The number of aryl methyl sites for hydroxylation is 1. The van der Waals surface area contributed by atoms with E-state index in [0.717, 1.165) is 12.0 Å². The highest BCUT2D eigenvalue weighted by molar-refractivity contribution is 7.86. The van der Waals surface area contributed by atoms with Gasteiger partial charge in [0.2, 0.25) is 0 Å². The average Bonchev–Trinajstić information content (AvgIpc) is 2.36. The van der Waals surface area contributed by atoms with Crippen LogP contribution >= 0.6 is 0 Å². The summed E-state index contributed by atoms with van der Waals surface area (Å²) in [6, 6.07) is 6.49. The van der Waals surface area contributed by atoms with Crippen LogP contribution in [0.1, 0.15) is 31.2 Å². The van der Waals surface area contributed by atoms with Crippen LogP contribution in [0.2, 0.25) is 0 Å². The van der Waals surface area contributed by atoms with Gasteiger partial charge in [0.1, 0.15) is 5.60 Å². The molecule has 1 N–H and O–H groups in total. The van der Waals surface area contributed by atoms with Crippen molar-refractivity contribution in [1.29, 1.82) is 0 Å². The highest BCUT2D eigenvalue weighted by atomic mass is 32.2. The summed E-state index contributed by atoms with van der Waals surface area (Å²) in [6.07, 6.45) is 2.67. The van der Waals surface area contributed by atoms with E-state index in [2.05, 4.69) is 11.8 Å². The van der Waals surface area contributed by atoms with Gasteiger partial charge in [-0.2, -0.15) is 8.42 Å². The van der Waals surface area contributed by atoms with Crippen molar-refractivity contribution in [3.8, 4) is 11.8 Å². The molecule has 0 heterocycles. The lowest BCUT2D eigenvalue weighted by Gasteiger charge is -2.30. The zero-order chi connectivity index (χ0) is 14.6. The van der Waals surface area contributed by atoms with Crippen molar-refractivity contribution in [1.82, 2.24) is 0 Å². The molecule has 0 aromatic heterocycles. The standard InChI is InChI=1S/C15H18O4S/c1-13-5-7-14(8-6-13)20(17,18)19-12-3-2-9-15(16)10-4-11-15/h5-8,16H,3-4,10-12H2,1H3. The van der Waals surface area contributed by atoms with Crippen LogP contribution in [0.15, 0.2) is 29.2 Å². The van der Waals surface area contributed by atoms with Crippen LogP contribution in [-0.4, -0.2) is 25.7 Å². The minimum Gasteiger partial charge on any atom is -0.378 e. The summed E-state index contributed by atoms with van der Waals surface area (Å²) in [4.78, 5) is 0.147. The summed E-state index contributed by atoms with van der Waals surface area (Å²) < 4.78 is 28.6. The van der Waals surface area contributed by atoms with Crippen molar-refractivity contribution in [2.75, 3.05) is 6.61 Å². The Hall–Kier alpha value is -1.35. The molecule has 0 radical (unpaired) electrons. The van der Waals surface area contributed by atoms with E-state index in [1.54, 1.807) is 12.1 Å². The molecule has 4 nitrogen and oxygen atoms in total. The Morgan fingerprint density at radius 1 is 1.30 bits per heavy atom. The quantitative estimate of drug-likeness (QED) is 0.524. The second-order valence-electron chi connectivity index (χ2n) is 5.03. The molecule has 1 saturated carbocycles. The first-order chi connectivity index (χ1) is 9.41. The van der Waals surface area contributed by atoms with Crippen molar-refractivity contribution in [3.05, 3.63) is 29.8 Å². The summed E-state index contributed by atoms with van der Waals surface area (Å²) in [5, 5.41) is 9.74. The van der Waals surface area contributed by atoms with Crippen molar-refractivity contribution in [2.24, 2.45) is 0 Å². The van der Waals surface area contributed by atoms with Gasteiger partial charge in [0.25, 0.3) is 10.1 Å². The van der Waals surface area contributed by atoms with Crippen molar-refractivity contribution in [2.45, 2.75) is 43.1 Å². The Morgan fingerprint density at radius 2 is 1.95 bits per heavy atom. The summed E-state index contributed by atoms with van der Waals surface area (Å²) in [6.45, 7) is 1.89. The molecule has 0 aliphatic heterocycles. The van der Waals surface area contributed by atoms with Gasteiger partial charge in [-0.05, 0) is 38.3 Å². The van der Waals surface area contributed by atoms with Gasteiger partial charge < -0.3 is 5.11 Å². The van der Waals surface area contributed by atoms with Crippen LogP contribution in [-0.2, 0) is 14.3 Å². The first-order valence-corrected chi connectivity index (χ1v) is 8.01. The molecule has 108 valence electrons. The molecule has 1 aliphatic carbocycles. The number of aliphatic hydroxyl groups is 1. The lowest BCUT2D eigenvalue weighted by molar-refractivity contribution is 0.0238. The fraction of sp³-hybridized carbons (Fsp3) is 0.467. The third-order valence-corrected chi connectivity index (χ3v) is 4.60. The van der Waals surface area contributed by atoms with Crippen LogP contribution in [0, 0.1) is 18.8 Å². The Morgan fingerprint density at radius 3 is 2.50 bits per heavy atom. The molecule has 0 amide bonds. The first-order valence-electron chi connectivity index (χ1n) is 6.60. The zero-order valence-electron chi connectivity index (χ0n) is 11.4. The topological polar surface area (TPSA) is 63.6 Å². The Bertz CT molecular complexity index is 616. The number of hydrogen-bond acceptors (Lipinski definition) is 4. The molecule has 0 bridgehead atoms. The van der Waals surface area contributed by atoms with E-state index in [0.29, 0.717) is 12.8 Å². The number of benzene rings is 1. The molecule has 1 fully saturated rings. The molecule has 20 heavy (non-hydrogen) atoms. The van der Waals surface area contributed by atoms with Crippen LogP contribution in [0.5, 0.6) is 0 Å². The molecule has 1 aliphatic rings. The summed E-state index contributed by atoms with van der Waals surface area (Å²) in [5.74, 6) is 5.53. The molecule has 5 heteroatoms. The zero-order valence-corrected chi connectivity index (χ0v) is 12.2. The fourth-order valence-electron chi connectivity index (χ4n) is 1.84. The summed E-state index contributed by atoms with van der Waals surface area (Å²) >= 11 is 0. The molecule has 1 aromatic rings. The van der Waals surface area contributed by atoms with Crippen LogP contribution in [0.25, 0.3) is 0 Å². The van der Waals surface area contributed by atoms with Crippen LogP contribution in [0.4, 0.5) is 0 Å². The molecule has 1 aromatic carbocycles. The van der Waals surface area contributed by atoms with E-state index in [-0.39, 0.29) is 17.9 Å². The fourth-order valence-corrected chi connectivity index (χ4v) is 2.75. The monoisotopic (exact) mass is 294 g/mol. The Labute approximate surface area is 119 Å². The molecule has 2 rings (SSSR count). The van der Waals surface area contributed by atoms with E-state index in [1.165, 1.54) is 12.1 Å². The Balaban J connectivity index is 1.85. The number of hydrogen-bond donors (Lipinski definition) is 1. The second kappa shape index (κ2) is 5.96. The molecule has 0 spiro atoms. The van der Waals surface area contributed by atoms with Gasteiger partial charge >= 0.3 is 0 Å². The molecule has 0 saturated heterocycles. The molecule has 0 unspecified atom stereocenters. The summed E-state index contributed by atoms with van der Waals surface area (Å²) in [5.41, 5.74) is 0.138. The predicted molar refractivity (Wildman–Crippen MR) is 75.5 cm³/mol. The van der Waals surface area contributed by atoms with Gasteiger partial charge in [0, 0.05) is 6.42 Å².